The molecule has 0 bridgehead atoms. The summed E-state index contributed by atoms with van der Waals surface area (Å²) >= 11 is 0. The summed E-state index contributed by atoms with van der Waals surface area (Å²) in [6.45, 7) is 0. The molecule has 2 saturated heterocycles. The highest BCUT2D eigenvalue weighted by atomic mass is 16.4. The summed E-state index contributed by atoms with van der Waals surface area (Å²) in [5.74, 6) is -9.08. The van der Waals surface area contributed by atoms with E-state index in [-0.39, 0.29) is 41.1 Å². The number of hydrogen-bond acceptors (Lipinski definition) is 7. The van der Waals surface area contributed by atoms with Gasteiger partial charge in [0.1, 0.15) is 5.75 Å². The predicted molar refractivity (Wildman–Crippen MR) is 175 cm³/mol. The molecular weight excluding hydrogens is 628 g/mol. The molecule has 2 aliphatic carbocycles. The second-order valence-electron chi connectivity index (χ2n) is 13.0. The monoisotopic (exact) mass is 656 g/mol. The van der Waals surface area contributed by atoms with Gasteiger partial charge >= 0.3 is 11.9 Å². The van der Waals surface area contributed by atoms with Gasteiger partial charge in [0, 0.05) is 11.5 Å². The van der Waals surface area contributed by atoms with Gasteiger partial charge in [-0.1, -0.05) is 42.0 Å². The van der Waals surface area contributed by atoms with Crippen molar-refractivity contribution in [2.24, 2.45) is 29.6 Å². The maximum absolute atomic E-state index is 14.4. The number of carbonyl (C=O) groups excluding carboxylic acids is 4. The summed E-state index contributed by atoms with van der Waals surface area (Å²) in [6, 6.07) is 21.7. The van der Waals surface area contributed by atoms with Crippen molar-refractivity contribution in [2.45, 2.75) is 18.8 Å². The fraction of sp³-hybridized carbons (Fsp3) is 0.211. The minimum Gasteiger partial charge on any atom is -0.508 e. The van der Waals surface area contributed by atoms with E-state index in [0.29, 0.717) is 16.5 Å². The molecule has 4 aliphatic rings. The van der Waals surface area contributed by atoms with Crippen LogP contribution in [0.15, 0.2) is 96.6 Å². The Morgan fingerprint density at radius 1 is 0.612 bits per heavy atom. The van der Waals surface area contributed by atoms with Crippen LogP contribution < -0.4 is 9.80 Å². The molecule has 4 amide bonds. The minimum absolute atomic E-state index is 0.00633. The van der Waals surface area contributed by atoms with E-state index in [2.05, 4.69) is 0 Å². The number of nitrogens with zero attached hydrogens (tertiary/aromatic N) is 2. The number of anilines is 2. The van der Waals surface area contributed by atoms with Crippen molar-refractivity contribution >= 4 is 57.7 Å². The third-order valence-electron chi connectivity index (χ3n) is 10.7. The lowest BCUT2D eigenvalue weighted by Crippen LogP contribution is -2.43. The number of amides is 4. The number of carbonyl (C=O) groups is 6. The van der Waals surface area contributed by atoms with Crippen molar-refractivity contribution in [2.75, 3.05) is 9.80 Å². The summed E-state index contributed by atoms with van der Waals surface area (Å²) < 4.78 is 0. The molecule has 4 aromatic carbocycles. The van der Waals surface area contributed by atoms with Crippen LogP contribution in [0, 0.1) is 29.6 Å². The average Bonchev–Trinajstić information content (AvgIpc) is 3.51. The molecule has 2 aliphatic heterocycles. The second kappa shape index (κ2) is 11.0. The predicted octanol–water partition coefficient (Wildman–Crippen LogP) is 4.99. The lowest BCUT2D eigenvalue weighted by molar-refractivity contribution is -0.126. The number of carboxylic acids is 2. The normalized spacial score (nSPS) is 26.0. The van der Waals surface area contributed by atoms with Crippen LogP contribution in [0.5, 0.6) is 5.75 Å². The van der Waals surface area contributed by atoms with Gasteiger partial charge < -0.3 is 15.3 Å². The van der Waals surface area contributed by atoms with Crippen LogP contribution in [-0.4, -0.2) is 50.9 Å². The van der Waals surface area contributed by atoms with E-state index in [1.165, 1.54) is 48.5 Å². The highest BCUT2D eigenvalue weighted by Crippen LogP contribution is 2.60. The van der Waals surface area contributed by atoms with Gasteiger partial charge in [0.25, 0.3) is 0 Å². The fourth-order valence-corrected chi connectivity index (χ4v) is 8.54. The Hall–Kier alpha value is -6.10. The molecule has 3 N–H and O–H groups in total. The van der Waals surface area contributed by atoms with E-state index in [0.717, 1.165) is 15.2 Å². The molecule has 0 unspecified atom stereocenters. The zero-order valence-electron chi connectivity index (χ0n) is 25.7. The smallest absolute Gasteiger partial charge is 0.335 e. The Labute approximate surface area is 278 Å². The first kappa shape index (κ1) is 30.2. The number of imide groups is 2. The Bertz CT molecular complexity index is 2170. The molecular formula is C38H28N2O9. The van der Waals surface area contributed by atoms with E-state index < -0.39 is 71.1 Å². The number of phenols is 1. The zero-order valence-corrected chi connectivity index (χ0v) is 25.7. The molecule has 0 spiro atoms. The van der Waals surface area contributed by atoms with Crippen molar-refractivity contribution < 1.29 is 44.1 Å². The van der Waals surface area contributed by atoms with Crippen LogP contribution in [-0.2, 0) is 19.2 Å². The number of phenolic OH excluding ortho intramolecular Hbond substituents is 1. The first-order chi connectivity index (χ1) is 23.6. The minimum atomic E-state index is -1.15. The van der Waals surface area contributed by atoms with E-state index in [4.69, 9.17) is 0 Å². The van der Waals surface area contributed by atoms with Crippen LogP contribution in [0.3, 0.4) is 0 Å². The van der Waals surface area contributed by atoms with Crippen molar-refractivity contribution in [1.29, 1.82) is 0 Å². The molecule has 6 atom stereocenters. The largest absolute Gasteiger partial charge is 0.508 e. The highest BCUT2D eigenvalue weighted by molar-refractivity contribution is 6.24. The van der Waals surface area contributed by atoms with E-state index in [1.54, 1.807) is 12.1 Å². The van der Waals surface area contributed by atoms with Gasteiger partial charge in [-0.25, -0.2) is 9.59 Å². The van der Waals surface area contributed by atoms with Gasteiger partial charge in [-0.3, -0.25) is 29.0 Å². The lowest BCUT2D eigenvalue weighted by Gasteiger charge is -2.44. The summed E-state index contributed by atoms with van der Waals surface area (Å²) in [5.41, 5.74) is 1.64. The maximum atomic E-state index is 14.4. The number of carboxylic acid groups (broad SMARTS) is 2. The summed E-state index contributed by atoms with van der Waals surface area (Å²) in [6.07, 6.45) is 2.20. The van der Waals surface area contributed by atoms with Crippen LogP contribution in [0.4, 0.5) is 11.4 Å². The molecule has 3 fully saturated rings. The van der Waals surface area contributed by atoms with Crippen LogP contribution in [0.1, 0.15) is 45.0 Å². The van der Waals surface area contributed by atoms with Crippen molar-refractivity contribution in [3.05, 3.63) is 113 Å². The number of aromatic carboxylic acids is 2. The van der Waals surface area contributed by atoms with Crippen LogP contribution in [0.2, 0.25) is 0 Å². The highest BCUT2D eigenvalue weighted by Gasteiger charge is 2.62. The fourth-order valence-electron chi connectivity index (χ4n) is 8.54. The molecule has 11 nitrogen and oxygen atoms in total. The molecule has 11 heteroatoms. The van der Waals surface area contributed by atoms with E-state index >= 15 is 0 Å². The first-order valence-electron chi connectivity index (χ1n) is 15.9. The lowest BCUT2D eigenvalue weighted by atomic mass is 9.56. The van der Waals surface area contributed by atoms with Crippen LogP contribution >= 0.6 is 0 Å². The Morgan fingerprint density at radius 2 is 1.16 bits per heavy atom. The number of allylic oxidation sites excluding steroid dienone is 2. The second-order valence-corrected chi connectivity index (χ2v) is 13.0. The third kappa shape index (κ3) is 4.42. The molecule has 8 rings (SSSR count). The average molecular weight is 657 g/mol. The summed E-state index contributed by atoms with van der Waals surface area (Å²) in [5, 5.41) is 31.7. The molecule has 0 radical (unpaired) electrons. The van der Waals surface area contributed by atoms with Gasteiger partial charge in [0.15, 0.2) is 0 Å². The number of fused-ring (bicyclic) bond motifs is 5. The van der Waals surface area contributed by atoms with E-state index in [9.17, 15) is 44.1 Å². The van der Waals surface area contributed by atoms with Gasteiger partial charge in [-0.05, 0) is 84.1 Å². The molecule has 49 heavy (non-hydrogen) atoms. The third-order valence-corrected chi connectivity index (χ3v) is 10.7. The molecule has 1 saturated carbocycles. The molecule has 244 valence electrons. The Balaban J connectivity index is 1.26. The van der Waals surface area contributed by atoms with Crippen molar-refractivity contribution in [1.82, 2.24) is 0 Å². The maximum Gasteiger partial charge on any atom is 0.335 e. The van der Waals surface area contributed by atoms with E-state index in [1.807, 2.05) is 30.3 Å². The van der Waals surface area contributed by atoms with Crippen molar-refractivity contribution in [3.63, 3.8) is 0 Å². The number of benzene rings is 4. The van der Waals surface area contributed by atoms with Gasteiger partial charge in [-0.15, -0.1) is 0 Å². The molecule has 0 aromatic heterocycles. The van der Waals surface area contributed by atoms with Gasteiger partial charge in [-0.2, -0.15) is 0 Å². The number of hydrogen-bond donors (Lipinski definition) is 3. The SMILES string of the molecule is O=C(O)c1ccc(N2C(=O)[C@H]3[C@H](CC=C4[C@H]3C[C@H]3C(=O)N(c5ccc(C(=O)O)cc5)C(=O)[C@H]3[C@H]4c3c(O)ccc4ccccc34)C2=O)cc1. The summed E-state index contributed by atoms with van der Waals surface area (Å²) in [7, 11) is 0. The quantitative estimate of drug-likeness (QED) is 0.198. The zero-order chi connectivity index (χ0) is 34.3. The van der Waals surface area contributed by atoms with Gasteiger partial charge in [0.05, 0.1) is 46.2 Å². The first-order valence-corrected chi connectivity index (χ1v) is 15.9. The standard InChI is InChI=1S/C38H28N2O9/c41-28-16-9-18-3-1-2-4-23(18)30(28)31-24-14-15-25-29(35(44)39(33(25)42)21-10-5-19(6-11-21)37(46)47)26(24)17-27-32(31)36(45)40(34(27)43)22-12-7-20(8-13-22)38(48)49/h1-14,16,25-27,29,31-32,41H,15,17H2,(H,46,47)(H,48,49)/t25-,26+,27+,29-,31+,32+/m0/s1. The summed E-state index contributed by atoms with van der Waals surface area (Å²) in [4.78, 5) is 81.9. The van der Waals surface area contributed by atoms with Crippen LogP contribution in [0.25, 0.3) is 10.8 Å². The van der Waals surface area contributed by atoms with Crippen molar-refractivity contribution in [3.8, 4) is 5.75 Å². The van der Waals surface area contributed by atoms with Gasteiger partial charge in [0.2, 0.25) is 23.6 Å². The Kier molecular flexibility index (Phi) is 6.78. The molecule has 4 aromatic rings. The Morgan fingerprint density at radius 3 is 1.76 bits per heavy atom. The number of aromatic hydroxyl groups is 1. The molecule has 2 heterocycles. The number of rotatable bonds is 5. The topological polar surface area (TPSA) is 170 Å².